The maximum absolute atomic E-state index is 12.6. The van der Waals surface area contributed by atoms with E-state index in [0.29, 0.717) is 0 Å². The topological polar surface area (TPSA) is 75.7 Å². The first-order valence-corrected chi connectivity index (χ1v) is 10.1. The molecule has 146 valence electrons. The minimum atomic E-state index is -3.72. The standard InChI is InChI=1S/C20H26N2O4S/c1-15(10-11-16-8-6-5-7-9-16)21-20(23)17-12-13-18(26-4)19(14-17)27(24,25)22(2)3/h5-9,12-15H,10-11H2,1-4H3,(H,21,23)/t15-/m0/s1. The molecule has 0 heterocycles. The van der Waals surface area contributed by atoms with E-state index in [0.717, 1.165) is 17.1 Å². The van der Waals surface area contributed by atoms with Crippen molar-refractivity contribution < 1.29 is 17.9 Å². The van der Waals surface area contributed by atoms with Gasteiger partial charge in [0.15, 0.2) is 0 Å². The molecule has 0 aromatic heterocycles. The van der Waals surface area contributed by atoms with Crippen molar-refractivity contribution in [1.82, 2.24) is 9.62 Å². The van der Waals surface area contributed by atoms with Crippen LogP contribution in [0.1, 0.15) is 29.3 Å². The molecule has 0 saturated carbocycles. The summed E-state index contributed by atoms with van der Waals surface area (Å²) in [7, 11) is 0.552. The van der Waals surface area contributed by atoms with E-state index in [1.54, 1.807) is 6.07 Å². The smallest absolute Gasteiger partial charge is 0.251 e. The molecule has 0 fully saturated rings. The van der Waals surface area contributed by atoms with Gasteiger partial charge in [0.1, 0.15) is 10.6 Å². The molecule has 27 heavy (non-hydrogen) atoms. The highest BCUT2D eigenvalue weighted by Gasteiger charge is 2.24. The maximum atomic E-state index is 12.6. The van der Waals surface area contributed by atoms with Crippen LogP contribution in [0.15, 0.2) is 53.4 Å². The van der Waals surface area contributed by atoms with Crippen molar-refractivity contribution in [2.45, 2.75) is 30.7 Å². The van der Waals surface area contributed by atoms with Crippen LogP contribution in [0.2, 0.25) is 0 Å². The second-order valence-corrected chi connectivity index (χ2v) is 8.67. The normalized spacial score (nSPS) is 12.6. The van der Waals surface area contributed by atoms with Gasteiger partial charge in [-0.25, -0.2) is 12.7 Å². The molecule has 7 heteroatoms. The van der Waals surface area contributed by atoms with Gasteiger partial charge in [-0.1, -0.05) is 30.3 Å². The highest BCUT2D eigenvalue weighted by molar-refractivity contribution is 7.89. The SMILES string of the molecule is COc1ccc(C(=O)N[C@@H](C)CCc2ccccc2)cc1S(=O)(=O)N(C)C. The van der Waals surface area contributed by atoms with Crippen LogP contribution in [-0.2, 0) is 16.4 Å². The van der Waals surface area contributed by atoms with Crippen molar-refractivity contribution in [3.63, 3.8) is 0 Å². The summed E-state index contributed by atoms with van der Waals surface area (Å²) in [6, 6.07) is 14.4. The summed E-state index contributed by atoms with van der Waals surface area (Å²) in [5, 5.41) is 2.92. The summed E-state index contributed by atoms with van der Waals surface area (Å²) < 4.78 is 31.2. The molecule has 2 rings (SSSR count). The van der Waals surface area contributed by atoms with E-state index < -0.39 is 10.0 Å². The van der Waals surface area contributed by atoms with Crippen LogP contribution in [0.25, 0.3) is 0 Å². The second-order valence-electron chi connectivity index (χ2n) is 6.55. The number of carbonyl (C=O) groups excluding carboxylic acids is 1. The van der Waals surface area contributed by atoms with Crippen molar-refractivity contribution in [1.29, 1.82) is 0 Å². The predicted octanol–water partition coefficient (Wildman–Crippen LogP) is 2.70. The second kappa shape index (κ2) is 9.01. The Morgan fingerprint density at radius 1 is 1.15 bits per heavy atom. The minimum absolute atomic E-state index is 0.0282. The lowest BCUT2D eigenvalue weighted by molar-refractivity contribution is 0.0938. The molecule has 2 aromatic rings. The lowest BCUT2D eigenvalue weighted by atomic mass is 10.1. The molecule has 0 bridgehead atoms. The third-order valence-corrected chi connectivity index (χ3v) is 6.11. The third-order valence-electron chi connectivity index (χ3n) is 4.27. The van der Waals surface area contributed by atoms with Gasteiger partial charge in [-0.15, -0.1) is 0 Å². The summed E-state index contributed by atoms with van der Waals surface area (Å²) in [5.41, 5.74) is 1.49. The van der Waals surface area contributed by atoms with Gasteiger partial charge < -0.3 is 10.1 Å². The highest BCUT2D eigenvalue weighted by atomic mass is 32.2. The van der Waals surface area contributed by atoms with E-state index in [9.17, 15) is 13.2 Å². The Bertz CT molecular complexity index is 880. The average Bonchev–Trinajstić information content (AvgIpc) is 2.66. The number of sulfonamides is 1. The number of ether oxygens (including phenoxy) is 1. The predicted molar refractivity (Wildman–Crippen MR) is 106 cm³/mol. The van der Waals surface area contributed by atoms with Crippen LogP contribution in [0.5, 0.6) is 5.75 Å². The van der Waals surface area contributed by atoms with E-state index in [-0.39, 0.29) is 28.2 Å². The summed E-state index contributed by atoms with van der Waals surface area (Å²) in [6.45, 7) is 1.93. The average molecular weight is 391 g/mol. The number of rotatable bonds is 8. The number of aryl methyl sites for hydroxylation is 1. The number of carbonyl (C=O) groups is 1. The van der Waals surface area contributed by atoms with E-state index in [2.05, 4.69) is 17.4 Å². The zero-order chi connectivity index (χ0) is 20.0. The van der Waals surface area contributed by atoms with Crippen molar-refractivity contribution in [2.24, 2.45) is 0 Å². The summed E-state index contributed by atoms with van der Waals surface area (Å²) in [6.07, 6.45) is 1.64. The molecule has 0 spiro atoms. The third kappa shape index (κ3) is 5.30. The van der Waals surface area contributed by atoms with Gasteiger partial charge in [0.05, 0.1) is 7.11 Å². The van der Waals surface area contributed by atoms with Crippen molar-refractivity contribution in [2.75, 3.05) is 21.2 Å². The fourth-order valence-electron chi connectivity index (χ4n) is 2.62. The fourth-order valence-corrected chi connectivity index (χ4v) is 3.70. The van der Waals surface area contributed by atoms with Gasteiger partial charge in [0, 0.05) is 25.7 Å². The van der Waals surface area contributed by atoms with Crippen molar-refractivity contribution in [3.05, 3.63) is 59.7 Å². The quantitative estimate of drug-likeness (QED) is 0.752. The highest BCUT2D eigenvalue weighted by Crippen LogP contribution is 2.27. The zero-order valence-electron chi connectivity index (χ0n) is 16.1. The molecular weight excluding hydrogens is 364 g/mol. The van der Waals surface area contributed by atoms with Crippen LogP contribution in [0.3, 0.4) is 0 Å². The van der Waals surface area contributed by atoms with Gasteiger partial charge in [-0.05, 0) is 43.5 Å². The van der Waals surface area contributed by atoms with Gasteiger partial charge in [-0.2, -0.15) is 0 Å². The number of nitrogens with one attached hydrogen (secondary N) is 1. The Labute approximate surface area is 161 Å². The lowest BCUT2D eigenvalue weighted by Gasteiger charge is -2.17. The molecule has 0 unspecified atom stereocenters. The first kappa shape index (κ1) is 20.9. The Kier molecular flexibility index (Phi) is 6.98. The van der Waals surface area contributed by atoms with E-state index in [1.165, 1.54) is 38.9 Å². The van der Waals surface area contributed by atoms with E-state index in [1.807, 2.05) is 25.1 Å². The number of benzene rings is 2. The Morgan fingerprint density at radius 3 is 2.41 bits per heavy atom. The molecule has 0 aliphatic heterocycles. The van der Waals surface area contributed by atoms with Crippen molar-refractivity contribution in [3.8, 4) is 5.75 Å². The van der Waals surface area contributed by atoms with Crippen LogP contribution < -0.4 is 10.1 Å². The monoisotopic (exact) mass is 390 g/mol. The zero-order valence-corrected chi connectivity index (χ0v) is 16.9. The molecule has 1 atom stereocenters. The van der Waals surface area contributed by atoms with Crippen molar-refractivity contribution >= 4 is 15.9 Å². The van der Waals surface area contributed by atoms with Crippen LogP contribution in [-0.4, -0.2) is 45.9 Å². The van der Waals surface area contributed by atoms with Gasteiger partial charge in [0.2, 0.25) is 10.0 Å². The van der Waals surface area contributed by atoms with E-state index in [4.69, 9.17) is 4.74 Å². The molecule has 1 N–H and O–H groups in total. The van der Waals surface area contributed by atoms with Gasteiger partial charge in [0.25, 0.3) is 5.91 Å². The summed E-state index contributed by atoms with van der Waals surface area (Å²) in [4.78, 5) is 12.5. The van der Waals surface area contributed by atoms with Crippen LogP contribution in [0.4, 0.5) is 0 Å². The molecule has 6 nitrogen and oxygen atoms in total. The molecule has 0 aliphatic rings. The molecule has 0 aliphatic carbocycles. The van der Waals surface area contributed by atoms with Gasteiger partial charge >= 0.3 is 0 Å². The van der Waals surface area contributed by atoms with Crippen LogP contribution >= 0.6 is 0 Å². The fraction of sp³-hybridized carbons (Fsp3) is 0.350. The lowest BCUT2D eigenvalue weighted by Crippen LogP contribution is -2.33. The molecule has 0 radical (unpaired) electrons. The molecule has 2 aromatic carbocycles. The maximum Gasteiger partial charge on any atom is 0.251 e. The van der Waals surface area contributed by atoms with Crippen LogP contribution in [0, 0.1) is 0 Å². The number of hydrogen-bond donors (Lipinski definition) is 1. The van der Waals surface area contributed by atoms with E-state index >= 15 is 0 Å². The Hall–Kier alpha value is -2.38. The Balaban J connectivity index is 2.12. The van der Waals surface area contributed by atoms with Gasteiger partial charge in [-0.3, -0.25) is 4.79 Å². The summed E-state index contributed by atoms with van der Waals surface area (Å²) >= 11 is 0. The molecule has 1 amide bonds. The number of amides is 1. The number of methoxy groups -OCH3 is 1. The number of hydrogen-bond acceptors (Lipinski definition) is 4. The first-order valence-electron chi connectivity index (χ1n) is 8.71. The Morgan fingerprint density at radius 2 is 1.81 bits per heavy atom. The minimum Gasteiger partial charge on any atom is -0.495 e. The molecular formula is C20H26N2O4S. The molecule has 0 saturated heterocycles. The largest absolute Gasteiger partial charge is 0.495 e. The number of nitrogens with zero attached hydrogens (tertiary/aromatic N) is 1. The first-order chi connectivity index (χ1) is 12.8. The summed E-state index contributed by atoms with van der Waals surface area (Å²) in [5.74, 6) is -0.106.